The molecule has 2 nitrogen and oxygen atoms in total. The normalized spacial score (nSPS) is 14.8. The molecule has 0 saturated heterocycles. The van der Waals surface area contributed by atoms with E-state index in [0.717, 1.165) is 6.07 Å². The first kappa shape index (κ1) is 13.1. The minimum Gasteiger partial charge on any atom is -0.385 e. The molecule has 0 spiro atoms. The standard InChI is InChI=1S/C12H16F2O2/c1-12(15,7-4-8-16-2)9-5-3-6-10(13)11(9)14/h3,5-6,15H,4,7-8H2,1-2H3. The molecule has 1 unspecified atom stereocenters. The first-order valence-electron chi connectivity index (χ1n) is 5.15. The van der Waals surface area contributed by atoms with E-state index in [0.29, 0.717) is 19.4 Å². The van der Waals surface area contributed by atoms with Gasteiger partial charge in [-0.3, -0.25) is 0 Å². The van der Waals surface area contributed by atoms with Crippen LogP contribution in [0.5, 0.6) is 0 Å². The van der Waals surface area contributed by atoms with Gasteiger partial charge in [-0.15, -0.1) is 0 Å². The second-order valence-electron chi connectivity index (χ2n) is 3.97. The highest BCUT2D eigenvalue weighted by atomic mass is 19.2. The van der Waals surface area contributed by atoms with Gasteiger partial charge in [0.25, 0.3) is 0 Å². The van der Waals surface area contributed by atoms with Crippen molar-refractivity contribution in [1.29, 1.82) is 0 Å². The summed E-state index contributed by atoms with van der Waals surface area (Å²) < 4.78 is 31.3. The summed E-state index contributed by atoms with van der Waals surface area (Å²) in [5, 5.41) is 10.1. The smallest absolute Gasteiger partial charge is 0.164 e. The third-order valence-corrected chi connectivity index (χ3v) is 2.54. The Morgan fingerprint density at radius 1 is 1.38 bits per heavy atom. The molecule has 0 saturated carbocycles. The number of halogens is 2. The summed E-state index contributed by atoms with van der Waals surface area (Å²) in [4.78, 5) is 0. The fraction of sp³-hybridized carbons (Fsp3) is 0.500. The van der Waals surface area contributed by atoms with Crippen molar-refractivity contribution in [2.75, 3.05) is 13.7 Å². The second-order valence-corrected chi connectivity index (χ2v) is 3.97. The monoisotopic (exact) mass is 230 g/mol. The molecule has 0 fully saturated rings. The second kappa shape index (κ2) is 5.37. The Morgan fingerprint density at radius 3 is 2.69 bits per heavy atom. The van der Waals surface area contributed by atoms with Crippen molar-refractivity contribution < 1.29 is 18.6 Å². The van der Waals surface area contributed by atoms with Crippen LogP contribution in [-0.4, -0.2) is 18.8 Å². The Hall–Kier alpha value is -1.00. The van der Waals surface area contributed by atoms with Crippen molar-refractivity contribution in [3.8, 4) is 0 Å². The third-order valence-electron chi connectivity index (χ3n) is 2.54. The number of ether oxygens (including phenoxy) is 1. The molecule has 1 aromatic carbocycles. The molecule has 90 valence electrons. The lowest BCUT2D eigenvalue weighted by molar-refractivity contribution is 0.0333. The summed E-state index contributed by atoms with van der Waals surface area (Å²) in [5.41, 5.74) is -1.38. The van der Waals surface area contributed by atoms with E-state index in [9.17, 15) is 13.9 Å². The maximum absolute atomic E-state index is 13.4. The van der Waals surface area contributed by atoms with Gasteiger partial charge in [-0.05, 0) is 25.8 Å². The number of rotatable bonds is 5. The number of hydrogen-bond acceptors (Lipinski definition) is 2. The Bertz CT molecular complexity index is 351. The lowest BCUT2D eigenvalue weighted by Crippen LogP contribution is -2.23. The molecule has 0 aliphatic carbocycles. The van der Waals surface area contributed by atoms with E-state index in [1.807, 2.05) is 0 Å². The predicted molar refractivity (Wildman–Crippen MR) is 57.0 cm³/mol. The molecular formula is C12H16F2O2. The van der Waals surface area contributed by atoms with Crippen LogP contribution in [0.1, 0.15) is 25.3 Å². The molecule has 0 heterocycles. The van der Waals surface area contributed by atoms with Crippen molar-refractivity contribution in [3.05, 3.63) is 35.4 Å². The molecule has 1 rings (SSSR count). The molecule has 0 aliphatic heterocycles. The van der Waals surface area contributed by atoms with Crippen LogP contribution >= 0.6 is 0 Å². The molecule has 0 bridgehead atoms. The molecule has 16 heavy (non-hydrogen) atoms. The van der Waals surface area contributed by atoms with Gasteiger partial charge >= 0.3 is 0 Å². The van der Waals surface area contributed by atoms with E-state index in [-0.39, 0.29) is 5.56 Å². The topological polar surface area (TPSA) is 29.5 Å². The quantitative estimate of drug-likeness (QED) is 0.788. The maximum Gasteiger partial charge on any atom is 0.164 e. The molecule has 0 aromatic heterocycles. The van der Waals surface area contributed by atoms with Crippen molar-refractivity contribution in [1.82, 2.24) is 0 Å². The van der Waals surface area contributed by atoms with Gasteiger partial charge in [0.2, 0.25) is 0 Å². The fourth-order valence-corrected chi connectivity index (χ4v) is 1.62. The highest BCUT2D eigenvalue weighted by Gasteiger charge is 2.27. The van der Waals surface area contributed by atoms with E-state index in [1.54, 1.807) is 7.11 Å². The highest BCUT2D eigenvalue weighted by Crippen LogP contribution is 2.29. The van der Waals surface area contributed by atoms with E-state index in [1.165, 1.54) is 19.1 Å². The van der Waals surface area contributed by atoms with E-state index in [2.05, 4.69) is 0 Å². The van der Waals surface area contributed by atoms with Crippen LogP contribution in [0.15, 0.2) is 18.2 Å². The Kier molecular flexibility index (Phi) is 4.38. The summed E-state index contributed by atoms with van der Waals surface area (Å²) in [6.45, 7) is 1.95. The Morgan fingerprint density at radius 2 is 2.06 bits per heavy atom. The van der Waals surface area contributed by atoms with Gasteiger partial charge < -0.3 is 9.84 Å². The van der Waals surface area contributed by atoms with Gasteiger partial charge in [0, 0.05) is 19.3 Å². The number of methoxy groups -OCH3 is 1. The SMILES string of the molecule is COCCCC(C)(O)c1cccc(F)c1F. The summed E-state index contributed by atoms with van der Waals surface area (Å²) in [7, 11) is 1.55. The number of aliphatic hydroxyl groups is 1. The van der Waals surface area contributed by atoms with Crippen LogP contribution in [0.3, 0.4) is 0 Å². The molecular weight excluding hydrogens is 214 g/mol. The summed E-state index contributed by atoms with van der Waals surface area (Å²) in [6.07, 6.45) is 0.903. The average Bonchev–Trinajstić information content (AvgIpc) is 2.22. The van der Waals surface area contributed by atoms with Crippen molar-refractivity contribution >= 4 is 0 Å². The van der Waals surface area contributed by atoms with Crippen LogP contribution in [0, 0.1) is 11.6 Å². The largest absolute Gasteiger partial charge is 0.385 e. The van der Waals surface area contributed by atoms with Gasteiger partial charge in [-0.2, -0.15) is 0 Å². The molecule has 0 aliphatic rings. The third kappa shape index (κ3) is 3.00. The van der Waals surface area contributed by atoms with E-state index < -0.39 is 17.2 Å². The van der Waals surface area contributed by atoms with Crippen LogP contribution < -0.4 is 0 Å². The zero-order chi connectivity index (χ0) is 12.2. The zero-order valence-electron chi connectivity index (χ0n) is 9.46. The Balaban J connectivity index is 2.84. The maximum atomic E-state index is 13.4. The molecule has 1 N–H and O–H groups in total. The van der Waals surface area contributed by atoms with E-state index in [4.69, 9.17) is 4.74 Å². The molecule has 1 atom stereocenters. The van der Waals surface area contributed by atoms with Gasteiger partial charge in [-0.25, -0.2) is 8.78 Å². The van der Waals surface area contributed by atoms with Crippen LogP contribution in [0.2, 0.25) is 0 Å². The number of hydrogen-bond donors (Lipinski definition) is 1. The van der Waals surface area contributed by atoms with E-state index >= 15 is 0 Å². The van der Waals surface area contributed by atoms with Gasteiger partial charge in [0.1, 0.15) is 0 Å². The van der Waals surface area contributed by atoms with Crippen LogP contribution in [0.4, 0.5) is 8.78 Å². The lowest BCUT2D eigenvalue weighted by atomic mass is 9.91. The minimum absolute atomic E-state index is 0.0106. The van der Waals surface area contributed by atoms with Crippen molar-refractivity contribution in [2.24, 2.45) is 0 Å². The van der Waals surface area contributed by atoms with Crippen LogP contribution in [-0.2, 0) is 10.3 Å². The molecule has 0 amide bonds. The van der Waals surface area contributed by atoms with Crippen molar-refractivity contribution in [3.63, 3.8) is 0 Å². The Labute approximate surface area is 93.9 Å². The molecule has 4 heteroatoms. The molecule has 1 aromatic rings. The van der Waals surface area contributed by atoms with Crippen molar-refractivity contribution in [2.45, 2.75) is 25.4 Å². The number of benzene rings is 1. The van der Waals surface area contributed by atoms with Gasteiger partial charge in [-0.1, -0.05) is 12.1 Å². The summed E-state index contributed by atoms with van der Waals surface area (Å²) >= 11 is 0. The lowest BCUT2D eigenvalue weighted by Gasteiger charge is -2.24. The average molecular weight is 230 g/mol. The first-order valence-corrected chi connectivity index (χ1v) is 5.15. The zero-order valence-corrected chi connectivity index (χ0v) is 9.46. The highest BCUT2D eigenvalue weighted by molar-refractivity contribution is 5.24. The predicted octanol–water partition coefficient (Wildman–Crippen LogP) is 2.60. The summed E-state index contributed by atoms with van der Waals surface area (Å²) in [5.74, 6) is -1.92. The fourth-order valence-electron chi connectivity index (χ4n) is 1.62. The van der Waals surface area contributed by atoms with Gasteiger partial charge in [0.15, 0.2) is 11.6 Å². The summed E-state index contributed by atoms with van der Waals surface area (Å²) in [6, 6.07) is 3.81. The van der Waals surface area contributed by atoms with Gasteiger partial charge in [0.05, 0.1) is 5.60 Å². The first-order chi connectivity index (χ1) is 7.49. The van der Waals surface area contributed by atoms with Crippen LogP contribution in [0.25, 0.3) is 0 Å². The minimum atomic E-state index is -1.37. The molecule has 0 radical (unpaired) electrons.